The van der Waals surface area contributed by atoms with Crippen molar-refractivity contribution < 1.29 is 9.15 Å². The fourth-order valence-corrected chi connectivity index (χ4v) is 7.79. The molecule has 1 aliphatic heterocycles. The molecular formula is C45H28N2O2. The minimum atomic E-state index is -0.282. The lowest BCUT2D eigenvalue weighted by Crippen LogP contribution is -2.09. The van der Waals surface area contributed by atoms with E-state index in [0.29, 0.717) is 0 Å². The Balaban J connectivity index is 1.01. The number of nitrogens with one attached hydrogen (secondary N) is 1. The second-order valence-electron chi connectivity index (χ2n) is 13.0. The van der Waals surface area contributed by atoms with Crippen molar-refractivity contribution in [3.63, 3.8) is 0 Å². The molecule has 0 amide bonds. The van der Waals surface area contributed by atoms with Gasteiger partial charge in [0, 0.05) is 27.4 Å². The highest BCUT2D eigenvalue weighted by Gasteiger charge is 2.27. The quantitative estimate of drug-likeness (QED) is 0.212. The summed E-state index contributed by atoms with van der Waals surface area (Å²) < 4.78 is 15.1. The summed E-state index contributed by atoms with van der Waals surface area (Å²) in [7, 11) is 0. The highest BCUT2D eigenvalue weighted by atomic mass is 16.5. The molecule has 0 radical (unpaired) electrons. The van der Waals surface area contributed by atoms with Crippen molar-refractivity contribution in [1.82, 2.24) is 4.57 Å². The molecule has 0 bridgehead atoms. The van der Waals surface area contributed by atoms with Gasteiger partial charge in [0.2, 0.25) is 0 Å². The van der Waals surface area contributed by atoms with Crippen LogP contribution in [0.1, 0.15) is 11.8 Å². The Hall–Kier alpha value is -6.52. The van der Waals surface area contributed by atoms with Gasteiger partial charge in [-0.15, -0.1) is 0 Å². The Bertz CT molecular complexity index is 2950. The third kappa shape index (κ3) is 3.98. The lowest BCUT2D eigenvalue weighted by atomic mass is 10.0. The SMILES string of the molecule is c1ccc2cc(-n3c4cc(-c5ccc(C6Nc7ccc8oc9ccccc9c8c7O6)cc5)ccc4c4cc5ccccc5cc43)ccc2c1. The van der Waals surface area contributed by atoms with Gasteiger partial charge in [0.05, 0.1) is 22.1 Å². The van der Waals surface area contributed by atoms with Crippen molar-refractivity contribution in [2.45, 2.75) is 6.23 Å². The van der Waals surface area contributed by atoms with E-state index in [2.05, 4.69) is 137 Å². The minimum Gasteiger partial charge on any atom is -0.464 e. The fraction of sp³-hybridized carbons (Fsp3) is 0.0222. The van der Waals surface area contributed by atoms with Crippen molar-refractivity contribution in [3.05, 3.63) is 163 Å². The zero-order chi connectivity index (χ0) is 32.1. The highest BCUT2D eigenvalue weighted by molar-refractivity contribution is 6.14. The third-order valence-corrected chi connectivity index (χ3v) is 10.2. The number of rotatable bonds is 3. The van der Waals surface area contributed by atoms with Gasteiger partial charge in [0.25, 0.3) is 0 Å². The monoisotopic (exact) mass is 628 g/mol. The van der Waals surface area contributed by atoms with Crippen LogP contribution < -0.4 is 10.1 Å². The summed E-state index contributed by atoms with van der Waals surface area (Å²) in [6.45, 7) is 0. The molecule has 1 unspecified atom stereocenters. The second-order valence-corrected chi connectivity index (χ2v) is 13.0. The lowest BCUT2D eigenvalue weighted by molar-refractivity contribution is 0.263. The third-order valence-electron chi connectivity index (χ3n) is 10.2. The molecule has 8 aromatic carbocycles. The summed E-state index contributed by atoms with van der Waals surface area (Å²) in [5.74, 6) is 0.844. The van der Waals surface area contributed by atoms with Crippen molar-refractivity contribution in [1.29, 1.82) is 0 Å². The van der Waals surface area contributed by atoms with Gasteiger partial charge in [0.15, 0.2) is 12.0 Å². The summed E-state index contributed by atoms with van der Waals surface area (Å²) in [6.07, 6.45) is -0.282. The number of hydrogen-bond acceptors (Lipinski definition) is 3. The molecule has 0 aliphatic carbocycles. The average Bonchev–Trinajstić information content (AvgIpc) is 3.85. The summed E-state index contributed by atoms with van der Waals surface area (Å²) in [5, 5.41) is 13.1. The molecule has 1 atom stereocenters. The van der Waals surface area contributed by atoms with E-state index in [1.165, 1.54) is 48.9 Å². The molecule has 0 fully saturated rings. The van der Waals surface area contributed by atoms with Gasteiger partial charge in [0.1, 0.15) is 11.2 Å². The maximum Gasteiger partial charge on any atom is 0.196 e. The summed E-state index contributed by atoms with van der Waals surface area (Å²) in [4.78, 5) is 0. The van der Waals surface area contributed by atoms with Gasteiger partial charge < -0.3 is 19.0 Å². The summed E-state index contributed by atoms with van der Waals surface area (Å²) in [6, 6.07) is 56.4. The number of hydrogen-bond donors (Lipinski definition) is 1. The van der Waals surface area contributed by atoms with Gasteiger partial charge in [-0.2, -0.15) is 0 Å². The van der Waals surface area contributed by atoms with E-state index in [9.17, 15) is 0 Å². The lowest BCUT2D eigenvalue weighted by Gasteiger charge is -2.13. The van der Waals surface area contributed by atoms with Crippen LogP contribution in [-0.2, 0) is 0 Å². The molecule has 0 saturated heterocycles. The molecule has 1 N–H and O–H groups in total. The molecule has 0 spiro atoms. The number of aromatic nitrogens is 1. The van der Waals surface area contributed by atoms with E-state index in [4.69, 9.17) is 9.15 Å². The van der Waals surface area contributed by atoms with Gasteiger partial charge in [-0.3, -0.25) is 0 Å². The van der Waals surface area contributed by atoms with Gasteiger partial charge in [-0.1, -0.05) is 109 Å². The predicted octanol–water partition coefficient (Wildman–Crippen LogP) is 12.2. The van der Waals surface area contributed by atoms with Crippen LogP contribution in [0.2, 0.25) is 0 Å². The normalized spacial score (nSPS) is 14.2. The fourth-order valence-electron chi connectivity index (χ4n) is 7.79. The number of benzene rings is 8. The molecule has 1 aliphatic rings. The van der Waals surface area contributed by atoms with Crippen LogP contribution in [0.4, 0.5) is 5.69 Å². The minimum absolute atomic E-state index is 0.282. The number of para-hydroxylation sites is 1. The van der Waals surface area contributed by atoms with Gasteiger partial charge in [-0.05, 0) is 81.2 Å². The zero-order valence-electron chi connectivity index (χ0n) is 26.4. The first-order valence-corrected chi connectivity index (χ1v) is 16.7. The summed E-state index contributed by atoms with van der Waals surface area (Å²) >= 11 is 0. The first-order chi connectivity index (χ1) is 24.2. The van der Waals surface area contributed by atoms with Crippen LogP contribution in [0, 0.1) is 0 Å². The maximum absolute atomic E-state index is 6.56. The van der Waals surface area contributed by atoms with E-state index < -0.39 is 0 Å². The Morgan fingerprint density at radius 1 is 0.490 bits per heavy atom. The Labute approximate surface area is 281 Å². The molecule has 2 aromatic heterocycles. The Morgan fingerprint density at radius 2 is 1.20 bits per heavy atom. The van der Waals surface area contributed by atoms with Crippen molar-refractivity contribution in [2.75, 3.05) is 5.32 Å². The first-order valence-electron chi connectivity index (χ1n) is 16.7. The second kappa shape index (κ2) is 9.99. The molecule has 0 saturated carbocycles. The van der Waals surface area contributed by atoms with Crippen LogP contribution in [-0.4, -0.2) is 4.57 Å². The van der Waals surface area contributed by atoms with E-state index in [0.717, 1.165) is 50.2 Å². The number of ether oxygens (including phenoxy) is 1. The molecule has 3 heterocycles. The number of furan rings is 1. The number of nitrogens with zero attached hydrogens (tertiary/aromatic N) is 1. The molecule has 230 valence electrons. The first kappa shape index (κ1) is 26.5. The number of anilines is 1. The highest BCUT2D eigenvalue weighted by Crippen LogP contribution is 2.47. The van der Waals surface area contributed by atoms with Crippen molar-refractivity contribution >= 4 is 71.0 Å². The maximum atomic E-state index is 6.56. The van der Waals surface area contributed by atoms with Crippen molar-refractivity contribution in [2.24, 2.45) is 0 Å². The van der Waals surface area contributed by atoms with E-state index in [-0.39, 0.29) is 6.23 Å². The molecule has 49 heavy (non-hydrogen) atoms. The molecule has 4 nitrogen and oxygen atoms in total. The largest absolute Gasteiger partial charge is 0.464 e. The van der Waals surface area contributed by atoms with Crippen LogP contribution in [0.5, 0.6) is 5.75 Å². The molecule has 10 aromatic rings. The standard InChI is InChI=1S/C45H28N2O2/c1-2-8-30-23-34(19-17-27(30)7-1)47-39-26-33(18-20-35(39)37-24-31-9-3-4-10-32(31)25-40(37)47)28-13-15-29(16-14-28)45-46-38-21-22-42-43(44(38)49-45)36-11-5-6-12-41(36)48-42/h1-26,45-46H. The molecular weight excluding hydrogens is 601 g/mol. The number of fused-ring (bicyclic) bond motifs is 10. The van der Waals surface area contributed by atoms with Gasteiger partial charge >= 0.3 is 0 Å². The predicted molar refractivity (Wildman–Crippen MR) is 202 cm³/mol. The van der Waals surface area contributed by atoms with E-state index >= 15 is 0 Å². The van der Waals surface area contributed by atoms with Crippen LogP contribution in [0.3, 0.4) is 0 Å². The Kier molecular flexibility index (Phi) is 5.41. The Morgan fingerprint density at radius 3 is 2.06 bits per heavy atom. The van der Waals surface area contributed by atoms with E-state index in [1.807, 2.05) is 30.3 Å². The molecule has 11 rings (SSSR count). The zero-order valence-corrected chi connectivity index (χ0v) is 26.4. The van der Waals surface area contributed by atoms with Crippen LogP contribution in [0.25, 0.3) is 82.1 Å². The van der Waals surface area contributed by atoms with Crippen LogP contribution in [0.15, 0.2) is 162 Å². The summed E-state index contributed by atoms with van der Waals surface area (Å²) in [5.41, 5.74) is 9.63. The molecule has 4 heteroatoms. The topological polar surface area (TPSA) is 39.3 Å². The van der Waals surface area contributed by atoms with Crippen molar-refractivity contribution in [3.8, 4) is 22.6 Å². The average molecular weight is 629 g/mol. The van der Waals surface area contributed by atoms with Crippen LogP contribution >= 0.6 is 0 Å². The smallest absolute Gasteiger partial charge is 0.196 e. The van der Waals surface area contributed by atoms with Gasteiger partial charge in [-0.25, -0.2) is 0 Å². The van der Waals surface area contributed by atoms with E-state index in [1.54, 1.807) is 0 Å².